The summed E-state index contributed by atoms with van der Waals surface area (Å²) in [6.45, 7) is 1.68. The number of carbonyl (C=O) groups is 1. The molecule has 0 radical (unpaired) electrons. The maximum Gasteiger partial charge on any atom is 0.267 e. The zero-order valence-corrected chi connectivity index (χ0v) is 12.4. The summed E-state index contributed by atoms with van der Waals surface area (Å²) in [5.74, 6) is -1.37. The first-order valence-corrected chi connectivity index (χ1v) is 7.05. The van der Waals surface area contributed by atoms with E-state index in [0.717, 1.165) is 0 Å². The van der Waals surface area contributed by atoms with Crippen LogP contribution in [0.15, 0.2) is 44.5 Å². The van der Waals surface area contributed by atoms with E-state index in [1.165, 1.54) is 6.26 Å². The lowest BCUT2D eigenvalue weighted by Gasteiger charge is -2.14. The number of fused-ring (bicyclic) bond motifs is 1. The Kier molecular flexibility index (Phi) is 3.61. The largest absolute Gasteiger partial charge is 0.464 e. The highest BCUT2D eigenvalue weighted by Crippen LogP contribution is 2.26. The molecule has 118 valence electrons. The van der Waals surface area contributed by atoms with Gasteiger partial charge in [0.25, 0.3) is 5.56 Å². The van der Waals surface area contributed by atoms with Crippen LogP contribution in [0.25, 0.3) is 11.0 Å². The Bertz CT molecular complexity index is 996. The quantitative estimate of drug-likeness (QED) is 0.668. The summed E-state index contributed by atoms with van der Waals surface area (Å²) in [5.41, 5.74) is 6.18. The van der Waals surface area contributed by atoms with Gasteiger partial charge in [-0.15, -0.1) is 0 Å². The molecule has 1 aromatic carbocycles. The van der Waals surface area contributed by atoms with Gasteiger partial charge in [0, 0.05) is 29.2 Å². The van der Waals surface area contributed by atoms with Crippen LogP contribution < -0.4 is 16.7 Å². The van der Waals surface area contributed by atoms with Crippen molar-refractivity contribution in [2.45, 2.75) is 19.3 Å². The molecule has 1 atom stereocenters. The molecule has 0 fully saturated rings. The molecule has 23 heavy (non-hydrogen) atoms. The number of amides is 1. The van der Waals surface area contributed by atoms with Gasteiger partial charge in [-0.2, -0.15) is 0 Å². The smallest absolute Gasteiger partial charge is 0.267 e. The number of H-pyrrole nitrogens is 2. The lowest BCUT2D eigenvalue weighted by atomic mass is 9.89. The lowest BCUT2D eigenvalue weighted by Crippen LogP contribution is -2.24. The van der Waals surface area contributed by atoms with Crippen molar-refractivity contribution in [2.24, 2.45) is 5.73 Å². The van der Waals surface area contributed by atoms with Gasteiger partial charge in [0.15, 0.2) is 5.43 Å². The van der Waals surface area contributed by atoms with E-state index in [4.69, 9.17) is 10.2 Å². The predicted molar refractivity (Wildman–Crippen MR) is 84.3 cm³/mol. The topological polar surface area (TPSA) is 122 Å². The van der Waals surface area contributed by atoms with Gasteiger partial charge < -0.3 is 15.2 Å². The van der Waals surface area contributed by atoms with Crippen LogP contribution in [0.5, 0.6) is 0 Å². The van der Waals surface area contributed by atoms with E-state index in [9.17, 15) is 14.4 Å². The maximum absolute atomic E-state index is 12.7. The van der Waals surface area contributed by atoms with Gasteiger partial charge in [0.1, 0.15) is 5.58 Å². The average molecular weight is 313 g/mol. The molecule has 7 nitrogen and oxygen atoms in total. The highest BCUT2D eigenvalue weighted by molar-refractivity contribution is 5.78. The van der Waals surface area contributed by atoms with E-state index >= 15 is 0 Å². The fourth-order valence-corrected chi connectivity index (χ4v) is 2.78. The summed E-state index contributed by atoms with van der Waals surface area (Å²) in [4.78, 5) is 36.2. The van der Waals surface area contributed by atoms with E-state index < -0.39 is 11.8 Å². The van der Waals surface area contributed by atoms with Gasteiger partial charge in [0.2, 0.25) is 5.91 Å². The molecule has 7 heteroatoms. The second-order valence-electron chi connectivity index (χ2n) is 5.36. The lowest BCUT2D eigenvalue weighted by molar-refractivity contribution is -0.118. The molecule has 1 amide bonds. The maximum atomic E-state index is 12.7. The van der Waals surface area contributed by atoms with E-state index in [-0.39, 0.29) is 23.0 Å². The van der Waals surface area contributed by atoms with E-state index in [1.54, 1.807) is 31.2 Å². The molecule has 1 unspecified atom stereocenters. The normalized spacial score (nSPS) is 12.4. The van der Waals surface area contributed by atoms with Gasteiger partial charge in [-0.1, -0.05) is 12.1 Å². The zero-order valence-electron chi connectivity index (χ0n) is 12.4. The number of aryl methyl sites for hydroxylation is 1. The molecule has 0 aliphatic carbocycles. The van der Waals surface area contributed by atoms with Crippen molar-refractivity contribution in [3.63, 3.8) is 0 Å². The molecular weight excluding hydrogens is 298 g/mol. The van der Waals surface area contributed by atoms with Gasteiger partial charge in [0.05, 0.1) is 11.6 Å². The van der Waals surface area contributed by atoms with Crippen molar-refractivity contribution in [3.8, 4) is 0 Å². The number of nitrogens with two attached hydrogens (primary N) is 1. The number of benzene rings is 1. The van der Waals surface area contributed by atoms with Gasteiger partial charge in [-0.3, -0.25) is 19.5 Å². The van der Waals surface area contributed by atoms with Crippen molar-refractivity contribution in [3.05, 3.63) is 67.9 Å². The first-order chi connectivity index (χ1) is 11.0. The number of nitrogens with one attached hydrogen (secondary N) is 2. The van der Waals surface area contributed by atoms with E-state index in [0.29, 0.717) is 22.2 Å². The zero-order chi connectivity index (χ0) is 16.6. The molecule has 0 spiro atoms. The number of rotatable bonds is 4. The third-order valence-electron chi connectivity index (χ3n) is 3.85. The predicted octanol–water partition coefficient (Wildman–Crippen LogP) is 1.13. The molecule has 3 rings (SSSR count). The number of aromatic amines is 2. The van der Waals surface area contributed by atoms with Crippen LogP contribution in [0.1, 0.15) is 29.2 Å². The summed E-state index contributed by atoms with van der Waals surface area (Å²) < 4.78 is 5.49. The number of para-hydroxylation sites is 1. The molecule has 4 N–H and O–H groups in total. The highest BCUT2D eigenvalue weighted by Gasteiger charge is 2.26. The van der Waals surface area contributed by atoms with Crippen LogP contribution in [0.3, 0.4) is 0 Å². The third-order valence-corrected chi connectivity index (χ3v) is 3.85. The first kappa shape index (κ1) is 14.8. The van der Waals surface area contributed by atoms with Crippen molar-refractivity contribution >= 4 is 16.9 Å². The van der Waals surface area contributed by atoms with Gasteiger partial charge in [-0.25, -0.2) is 0 Å². The second-order valence-corrected chi connectivity index (χ2v) is 5.36. The fraction of sp³-hybridized carbons (Fsp3) is 0.188. The molecule has 2 aromatic heterocycles. The third kappa shape index (κ3) is 2.57. The molecule has 3 aromatic rings. The van der Waals surface area contributed by atoms with Crippen LogP contribution in [0.2, 0.25) is 0 Å². The van der Waals surface area contributed by atoms with Crippen molar-refractivity contribution in [2.75, 3.05) is 0 Å². The van der Waals surface area contributed by atoms with Crippen molar-refractivity contribution in [1.29, 1.82) is 0 Å². The Balaban J connectivity index is 2.26. The second kappa shape index (κ2) is 5.60. The average Bonchev–Trinajstić information content (AvgIpc) is 2.85. The number of hydrogen-bond acceptors (Lipinski definition) is 4. The fourth-order valence-electron chi connectivity index (χ4n) is 2.78. The van der Waals surface area contributed by atoms with Crippen molar-refractivity contribution < 1.29 is 9.21 Å². The molecule has 0 saturated carbocycles. The molecular formula is C16H15N3O4. The summed E-state index contributed by atoms with van der Waals surface area (Å²) in [6, 6.07) is 6.80. The van der Waals surface area contributed by atoms with Crippen LogP contribution in [0, 0.1) is 6.92 Å². The summed E-state index contributed by atoms with van der Waals surface area (Å²) >= 11 is 0. The minimum Gasteiger partial charge on any atom is -0.464 e. The summed E-state index contributed by atoms with van der Waals surface area (Å²) in [7, 11) is 0. The number of primary amides is 1. The Labute approximate surface area is 130 Å². The number of aromatic nitrogens is 2. The van der Waals surface area contributed by atoms with Crippen molar-refractivity contribution in [1.82, 2.24) is 10.2 Å². The first-order valence-electron chi connectivity index (χ1n) is 7.05. The molecule has 0 aliphatic heterocycles. The summed E-state index contributed by atoms with van der Waals surface area (Å²) in [6.07, 6.45) is 1.13. The Hall–Kier alpha value is -3.09. The molecule has 0 aliphatic rings. The highest BCUT2D eigenvalue weighted by atomic mass is 16.3. The Morgan fingerprint density at radius 3 is 2.65 bits per heavy atom. The Morgan fingerprint density at radius 1 is 1.26 bits per heavy atom. The summed E-state index contributed by atoms with van der Waals surface area (Å²) in [5, 5.41) is 5.54. The van der Waals surface area contributed by atoms with E-state index in [1.807, 2.05) is 0 Å². The molecule has 0 bridgehead atoms. The number of hydrogen-bond donors (Lipinski definition) is 3. The molecule has 2 heterocycles. The minimum atomic E-state index is -0.761. The van der Waals surface area contributed by atoms with Gasteiger partial charge >= 0.3 is 0 Å². The van der Waals surface area contributed by atoms with Gasteiger partial charge in [-0.05, 0) is 19.1 Å². The minimum absolute atomic E-state index is 0.162. The monoisotopic (exact) mass is 313 g/mol. The van der Waals surface area contributed by atoms with Crippen LogP contribution in [-0.4, -0.2) is 16.1 Å². The van der Waals surface area contributed by atoms with Crippen LogP contribution >= 0.6 is 0 Å². The standard InChI is InChI=1S/C16H15N3O4/c1-8-14(16(22)19-18-8)10(6-13(17)20)11-7-23-12-5-3-2-4-9(12)15(11)21/h2-5,7,10H,6H2,1H3,(H2,17,20)(H2,18,19,22). The molecule has 0 saturated heterocycles. The Morgan fingerprint density at radius 2 is 2.00 bits per heavy atom. The van der Waals surface area contributed by atoms with Crippen LogP contribution in [0.4, 0.5) is 0 Å². The number of carbonyl (C=O) groups excluding carboxylic acids is 1. The van der Waals surface area contributed by atoms with Crippen LogP contribution in [-0.2, 0) is 4.79 Å². The SMILES string of the molecule is Cc1[nH][nH]c(=O)c1C(CC(N)=O)c1coc2ccccc2c1=O. The van der Waals surface area contributed by atoms with E-state index in [2.05, 4.69) is 10.2 Å².